The van der Waals surface area contributed by atoms with Crippen LogP contribution >= 0.6 is 0 Å². The van der Waals surface area contributed by atoms with Gasteiger partial charge in [0.05, 0.1) is 6.54 Å². The number of aromatic nitrogens is 3. The number of nitrogens with zero attached hydrogens (tertiary/aromatic N) is 4. The molecule has 1 saturated heterocycles. The van der Waals surface area contributed by atoms with Gasteiger partial charge in [-0.1, -0.05) is 5.16 Å². The van der Waals surface area contributed by atoms with E-state index in [0.717, 1.165) is 18.7 Å². The van der Waals surface area contributed by atoms with Crippen molar-refractivity contribution in [2.45, 2.75) is 51.8 Å². The molecule has 1 N–H and O–H groups in total. The van der Waals surface area contributed by atoms with Gasteiger partial charge in [-0.15, -0.1) is 0 Å². The van der Waals surface area contributed by atoms with Gasteiger partial charge in [0.1, 0.15) is 5.60 Å². The summed E-state index contributed by atoms with van der Waals surface area (Å²) in [5.74, 6) is 1.29. The van der Waals surface area contributed by atoms with Crippen molar-refractivity contribution in [1.29, 1.82) is 0 Å². The largest absolute Gasteiger partial charge is 0.462 e. The van der Waals surface area contributed by atoms with Crippen LogP contribution in [0.2, 0.25) is 0 Å². The number of ether oxygens (including phenoxy) is 1. The van der Waals surface area contributed by atoms with Crippen LogP contribution in [0.4, 0.5) is 0 Å². The van der Waals surface area contributed by atoms with Crippen molar-refractivity contribution in [3.63, 3.8) is 0 Å². The van der Waals surface area contributed by atoms with E-state index in [1.807, 2.05) is 32.9 Å². The van der Waals surface area contributed by atoms with Gasteiger partial charge in [-0.25, -0.2) is 0 Å². The first-order valence-electron chi connectivity index (χ1n) is 9.14. The molecule has 3 heterocycles. The molecule has 0 aliphatic carbocycles. The van der Waals surface area contributed by atoms with Crippen LogP contribution < -0.4 is 5.32 Å². The molecule has 1 aliphatic rings. The molecule has 0 radical (unpaired) electrons. The lowest BCUT2D eigenvalue weighted by Gasteiger charge is -2.30. The number of carbonyl (C=O) groups is 1. The summed E-state index contributed by atoms with van der Waals surface area (Å²) in [7, 11) is 2.12. The minimum absolute atomic E-state index is 0.318. The fourth-order valence-corrected chi connectivity index (χ4v) is 2.67. The van der Waals surface area contributed by atoms with E-state index in [-0.39, 0.29) is 5.60 Å². The van der Waals surface area contributed by atoms with Gasteiger partial charge in [0.25, 0.3) is 6.47 Å². The minimum atomic E-state index is -0.318. The van der Waals surface area contributed by atoms with Gasteiger partial charge >= 0.3 is 0 Å². The van der Waals surface area contributed by atoms with Gasteiger partial charge in [-0.3, -0.25) is 14.7 Å². The second-order valence-electron chi connectivity index (χ2n) is 7.47. The molecule has 0 amide bonds. The molecule has 1 aliphatic heterocycles. The summed E-state index contributed by atoms with van der Waals surface area (Å²) < 4.78 is 9.89. The molecule has 8 heteroatoms. The first-order valence-corrected chi connectivity index (χ1v) is 9.14. The Balaban J connectivity index is 0.000000321. The molecule has 2 aromatic heterocycles. The van der Waals surface area contributed by atoms with Crippen LogP contribution in [0.1, 0.15) is 39.5 Å². The number of hydrogen-bond acceptors (Lipinski definition) is 8. The standard InChI is InChI=1S/C14H19N5O.C5H10O2/c1-19(12-4-8-16-9-5-12)10-13-17-14(18-20-13)11-2-6-15-7-3-11;1-5(2,3)7-4-6/h2-3,6-7,12,16H,4-5,8-10H2,1H3;4H,1-3H3. The van der Waals surface area contributed by atoms with Gasteiger partial charge in [0.2, 0.25) is 11.7 Å². The molecule has 0 atom stereocenters. The summed E-state index contributed by atoms with van der Waals surface area (Å²) in [5, 5.41) is 7.41. The highest BCUT2D eigenvalue weighted by molar-refractivity contribution is 5.52. The number of carbonyl (C=O) groups excluding carboxylic acids is 1. The Morgan fingerprint density at radius 1 is 1.30 bits per heavy atom. The van der Waals surface area contributed by atoms with E-state index < -0.39 is 0 Å². The van der Waals surface area contributed by atoms with Gasteiger partial charge < -0.3 is 14.6 Å². The Morgan fingerprint density at radius 2 is 1.96 bits per heavy atom. The third-order valence-corrected chi connectivity index (χ3v) is 4.12. The van der Waals surface area contributed by atoms with Gasteiger partial charge in [0, 0.05) is 24.0 Å². The van der Waals surface area contributed by atoms with Gasteiger partial charge in [-0.05, 0) is 65.9 Å². The molecular weight excluding hydrogens is 346 g/mol. The van der Waals surface area contributed by atoms with E-state index in [1.165, 1.54) is 12.8 Å². The molecule has 0 unspecified atom stereocenters. The van der Waals surface area contributed by atoms with Crippen molar-refractivity contribution in [3.8, 4) is 11.4 Å². The lowest BCUT2D eigenvalue weighted by molar-refractivity contribution is -0.138. The number of piperidine rings is 1. The summed E-state index contributed by atoms with van der Waals surface area (Å²) in [6.07, 6.45) is 5.79. The third kappa shape index (κ3) is 7.44. The predicted molar refractivity (Wildman–Crippen MR) is 102 cm³/mol. The van der Waals surface area contributed by atoms with E-state index >= 15 is 0 Å². The molecule has 0 spiro atoms. The highest BCUT2D eigenvalue weighted by atomic mass is 16.5. The van der Waals surface area contributed by atoms with E-state index in [1.54, 1.807) is 12.4 Å². The zero-order chi connectivity index (χ0) is 19.7. The molecule has 2 aromatic rings. The summed E-state index contributed by atoms with van der Waals surface area (Å²) in [6.45, 7) is 8.79. The number of pyridine rings is 1. The fraction of sp³-hybridized carbons (Fsp3) is 0.579. The smallest absolute Gasteiger partial charge is 0.293 e. The quantitative estimate of drug-likeness (QED) is 0.796. The summed E-state index contributed by atoms with van der Waals surface area (Å²) in [5.41, 5.74) is 0.612. The zero-order valence-corrected chi connectivity index (χ0v) is 16.5. The first-order chi connectivity index (χ1) is 12.9. The van der Waals surface area contributed by atoms with E-state index in [4.69, 9.17) is 4.52 Å². The normalized spacial score (nSPS) is 15.1. The highest BCUT2D eigenvalue weighted by Crippen LogP contribution is 2.17. The molecule has 8 nitrogen and oxygen atoms in total. The van der Waals surface area contributed by atoms with Gasteiger partial charge in [0.15, 0.2) is 0 Å². The number of nitrogens with one attached hydrogen (secondary N) is 1. The lowest BCUT2D eigenvalue weighted by atomic mass is 10.1. The van der Waals surface area contributed by atoms with Crippen molar-refractivity contribution in [3.05, 3.63) is 30.4 Å². The Hall–Kier alpha value is -2.32. The van der Waals surface area contributed by atoms with Crippen LogP contribution in [0.3, 0.4) is 0 Å². The van der Waals surface area contributed by atoms with Crippen LogP contribution in [0.5, 0.6) is 0 Å². The molecule has 3 rings (SSSR count). The number of rotatable bonds is 5. The van der Waals surface area contributed by atoms with Crippen LogP contribution in [0.25, 0.3) is 11.4 Å². The molecule has 27 heavy (non-hydrogen) atoms. The predicted octanol–water partition coefficient (Wildman–Crippen LogP) is 2.27. The second-order valence-corrected chi connectivity index (χ2v) is 7.47. The van der Waals surface area contributed by atoms with Crippen LogP contribution in [-0.2, 0) is 16.1 Å². The Bertz CT molecular complexity index is 678. The molecule has 0 aromatic carbocycles. The minimum Gasteiger partial charge on any atom is -0.462 e. The first kappa shape index (κ1) is 21.0. The van der Waals surface area contributed by atoms with Crippen molar-refractivity contribution in [2.75, 3.05) is 20.1 Å². The summed E-state index contributed by atoms with van der Waals surface area (Å²) >= 11 is 0. The van der Waals surface area contributed by atoms with Crippen LogP contribution in [0.15, 0.2) is 29.0 Å². The monoisotopic (exact) mass is 375 g/mol. The van der Waals surface area contributed by atoms with Crippen molar-refractivity contribution in [1.82, 2.24) is 25.3 Å². The fourth-order valence-electron chi connectivity index (χ4n) is 2.67. The van der Waals surface area contributed by atoms with Crippen molar-refractivity contribution < 1.29 is 14.1 Å². The maximum Gasteiger partial charge on any atom is 0.293 e. The molecular formula is C19H29N5O3. The second kappa shape index (κ2) is 10.1. The van der Waals surface area contributed by atoms with E-state index in [0.29, 0.717) is 30.8 Å². The molecule has 0 saturated carbocycles. The highest BCUT2D eigenvalue weighted by Gasteiger charge is 2.20. The van der Waals surface area contributed by atoms with Crippen molar-refractivity contribution in [2.24, 2.45) is 0 Å². The average Bonchev–Trinajstić information content (AvgIpc) is 3.11. The summed E-state index contributed by atoms with van der Waals surface area (Å²) in [4.78, 5) is 20.3. The average molecular weight is 375 g/mol. The van der Waals surface area contributed by atoms with E-state index in [9.17, 15) is 4.79 Å². The number of hydrogen-bond donors (Lipinski definition) is 1. The lowest BCUT2D eigenvalue weighted by Crippen LogP contribution is -2.40. The van der Waals surface area contributed by atoms with Crippen molar-refractivity contribution >= 4 is 6.47 Å². The SMILES string of the molecule is CC(C)(C)OC=O.CN(Cc1nc(-c2ccncc2)no1)C1CCNCC1. The molecule has 0 bridgehead atoms. The maximum absolute atomic E-state index is 9.60. The zero-order valence-electron chi connectivity index (χ0n) is 16.5. The summed E-state index contributed by atoms with van der Waals surface area (Å²) in [6, 6.07) is 4.35. The third-order valence-electron chi connectivity index (χ3n) is 4.12. The Labute approximate surface area is 160 Å². The Kier molecular flexibility index (Phi) is 7.87. The Morgan fingerprint density at radius 3 is 2.52 bits per heavy atom. The van der Waals surface area contributed by atoms with E-state index in [2.05, 4.69) is 37.1 Å². The topological polar surface area (TPSA) is 93.4 Å². The molecule has 1 fully saturated rings. The van der Waals surface area contributed by atoms with Crippen LogP contribution in [0, 0.1) is 0 Å². The maximum atomic E-state index is 9.60. The van der Waals surface area contributed by atoms with Gasteiger partial charge in [-0.2, -0.15) is 4.98 Å². The van der Waals surface area contributed by atoms with Crippen LogP contribution in [-0.4, -0.2) is 58.3 Å². The molecule has 148 valence electrons.